The highest BCUT2D eigenvalue weighted by molar-refractivity contribution is 5.48. The van der Waals surface area contributed by atoms with E-state index in [1.54, 1.807) is 6.26 Å². The largest absolute Gasteiger partial charge is 0.364 e. The molecule has 6 nitrogen and oxygen atoms in total. The molecule has 0 N–H and O–H groups in total. The van der Waals surface area contributed by atoms with E-state index in [2.05, 4.69) is 85.5 Å². The summed E-state index contributed by atoms with van der Waals surface area (Å²) in [6.07, 6.45) is 1.56. The van der Waals surface area contributed by atoms with Crippen LogP contribution in [0.5, 0.6) is 0 Å². The number of hydrogen-bond donors (Lipinski definition) is 0. The molecule has 0 fully saturated rings. The van der Waals surface area contributed by atoms with E-state index >= 15 is 0 Å². The molecule has 0 spiro atoms. The van der Waals surface area contributed by atoms with Gasteiger partial charge in [-0.25, -0.2) is 0 Å². The molecule has 3 heterocycles. The molecule has 0 amide bonds. The average molecular weight is 357 g/mol. The normalized spacial score (nSPS) is 14.4. The van der Waals surface area contributed by atoms with Gasteiger partial charge in [0.15, 0.2) is 11.5 Å². The van der Waals surface area contributed by atoms with Crippen LogP contribution in [-0.4, -0.2) is 31.4 Å². The van der Waals surface area contributed by atoms with Gasteiger partial charge in [-0.05, 0) is 11.1 Å². The number of fused-ring (bicyclic) bond motifs is 1. The van der Waals surface area contributed by atoms with Crippen molar-refractivity contribution in [2.75, 3.05) is 6.54 Å². The van der Waals surface area contributed by atoms with Crippen molar-refractivity contribution in [3.8, 4) is 11.5 Å². The molecular weight excluding hydrogens is 338 g/mol. The number of nitrogens with zero attached hydrogens (tertiary/aromatic N) is 5. The molecule has 0 saturated heterocycles. The van der Waals surface area contributed by atoms with Crippen LogP contribution in [0.2, 0.25) is 0 Å². The third-order valence-electron chi connectivity index (χ3n) is 5.05. The Morgan fingerprint density at radius 2 is 1.52 bits per heavy atom. The van der Waals surface area contributed by atoms with Crippen LogP contribution in [-0.2, 0) is 13.1 Å². The van der Waals surface area contributed by atoms with Gasteiger partial charge in [0.1, 0.15) is 12.1 Å². The predicted molar refractivity (Wildman–Crippen MR) is 101 cm³/mol. The van der Waals surface area contributed by atoms with Crippen LogP contribution in [0.4, 0.5) is 0 Å². The minimum absolute atomic E-state index is 0.188. The van der Waals surface area contributed by atoms with Crippen molar-refractivity contribution in [3.05, 3.63) is 89.9 Å². The molecule has 1 aliphatic heterocycles. The maximum absolute atomic E-state index is 4.96. The van der Waals surface area contributed by atoms with E-state index in [-0.39, 0.29) is 6.04 Å². The third kappa shape index (κ3) is 2.94. The second-order valence-corrected chi connectivity index (χ2v) is 6.67. The second kappa shape index (κ2) is 6.81. The van der Waals surface area contributed by atoms with Crippen LogP contribution in [0.15, 0.2) is 77.5 Å². The first-order chi connectivity index (χ1) is 13.4. The van der Waals surface area contributed by atoms with E-state index in [1.807, 2.05) is 6.07 Å². The van der Waals surface area contributed by atoms with Gasteiger partial charge in [-0.1, -0.05) is 65.8 Å². The lowest BCUT2D eigenvalue weighted by molar-refractivity contribution is 0.176. The molecule has 2 aromatic heterocycles. The molecule has 4 aromatic rings. The standard InChI is InChI=1S/C21H19N5O/c1-3-7-16(8-4-1)20(17-9-5-2-6-10-17)25-12-13-26-19(15-25)22-23-21(26)18-11-14-27-24-18/h1-11,14,20H,12-13,15H2. The maximum Gasteiger partial charge on any atom is 0.186 e. The van der Waals surface area contributed by atoms with Crippen LogP contribution in [0, 0.1) is 0 Å². The first-order valence-electron chi connectivity index (χ1n) is 9.07. The topological polar surface area (TPSA) is 60.0 Å². The maximum atomic E-state index is 4.96. The van der Waals surface area contributed by atoms with Crippen LogP contribution in [0.3, 0.4) is 0 Å². The lowest BCUT2D eigenvalue weighted by Crippen LogP contribution is -2.37. The Labute approximate surface area is 157 Å². The summed E-state index contributed by atoms with van der Waals surface area (Å²) in [6, 6.07) is 23.3. The quantitative estimate of drug-likeness (QED) is 0.559. The van der Waals surface area contributed by atoms with Crippen LogP contribution in [0.25, 0.3) is 11.5 Å². The molecule has 1 aliphatic rings. The van der Waals surface area contributed by atoms with Crippen molar-refractivity contribution >= 4 is 0 Å². The zero-order valence-electron chi connectivity index (χ0n) is 14.8. The van der Waals surface area contributed by atoms with Crippen molar-refractivity contribution in [1.29, 1.82) is 0 Å². The first-order valence-corrected chi connectivity index (χ1v) is 9.07. The summed E-state index contributed by atoms with van der Waals surface area (Å²) < 4.78 is 7.10. The fraction of sp³-hybridized carbons (Fsp3) is 0.190. The molecule has 0 radical (unpaired) electrons. The summed E-state index contributed by atoms with van der Waals surface area (Å²) in [5.74, 6) is 1.73. The van der Waals surface area contributed by atoms with E-state index in [0.29, 0.717) is 0 Å². The zero-order chi connectivity index (χ0) is 18.1. The summed E-state index contributed by atoms with van der Waals surface area (Å²) in [6.45, 7) is 2.46. The molecule has 0 unspecified atom stereocenters. The number of rotatable bonds is 4. The van der Waals surface area contributed by atoms with E-state index in [9.17, 15) is 0 Å². The van der Waals surface area contributed by atoms with Gasteiger partial charge in [-0.15, -0.1) is 10.2 Å². The molecule has 6 heteroatoms. The smallest absolute Gasteiger partial charge is 0.186 e. The van der Waals surface area contributed by atoms with Crippen molar-refractivity contribution in [3.63, 3.8) is 0 Å². The van der Waals surface area contributed by atoms with Gasteiger partial charge in [-0.2, -0.15) is 0 Å². The summed E-state index contributed by atoms with van der Waals surface area (Å²) in [4.78, 5) is 2.46. The molecule has 2 aromatic carbocycles. The van der Waals surface area contributed by atoms with Crippen molar-refractivity contribution in [2.24, 2.45) is 0 Å². The van der Waals surface area contributed by atoms with Gasteiger partial charge in [0.05, 0.1) is 12.6 Å². The number of benzene rings is 2. The van der Waals surface area contributed by atoms with E-state index in [4.69, 9.17) is 4.52 Å². The Morgan fingerprint density at radius 1 is 0.815 bits per heavy atom. The van der Waals surface area contributed by atoms with Gasteiger partial charge in [0.25, 0.3) is 0 Å². The summed E-state index contributed by atoms with van der Waals surface area (Å²) in [5.41, 5.74) is 3.30. The molecular formula is C21H19N5O. The molecule has 0 saturated carbocycles. The SMILES string of the molecule is c1ccc(C(c2ccccc2)N2CCn3c(nnc3-c3ccon3)C2)cc1. The first kappa shape index (κ1) is 16.0. The van der Waals surface area contributed by atoms with Crippen molar-refractivity contribution in [1.82, 2.24) is 24.8 Å². The minimum atomic E-state index is 0.188. The molecule has 5 rings (SSSR count). The van der Waals surface area contributed by atoms with Gasteiger partial charge >= 0.3 is 0 Å². The fourth-order valence-electron chi connectivity index (χ4n) is 3.80. The molecule has 0 atom stereocenters. The lowest BCUT2D eigenvalue weighted by Gasteiger charge is -2.35. The Bertz CT molecular complexity index is 972. The summed E-state index contributed by atoms with van der Waals surface area (Å²) in [5, 5.41) is 12.8. The number of hydrogen-bond acceptors (Lipinski definition) is 5. The Morgan fingerprint density at radius 3 is 2.15 bits per heavy atom. The second-order valence-electron chi connectivity index (χ2n) is 6.67. The van der Waals surface area contributed by atoms with Gasteiger partial charge in [0, 0.05) is 19.2 Å². The fourth-order valence-corrected chi connectivity index (χ4v) is 3.80. The van der Waals surface area contributed by atoms with Crippen LogP contribution < -0.4 is 0 Å². The van der Waals surface area contributed by atoms with Crippen molar-refractivity contribution in [2.45, 2.75) is 19.1 Å². The van der Waals surface area contributed by atoms with Crippen LogP contribution >= 0.6 is 0 Å². The molecule has 0 bridgehead atoms. The summed E-state index contributed by atoms with van der Waals surface area (Å²) >= 11 is 0. The number of aromatic nitrogens is 4. The Hall–Kier alpha value is -3.25. The predicted octanol–water partition coefficient (Wildman–Crippen LogP) is 3.54. The highest BCUT2D eigenvalue weighted by Gasteiger charge is 2.29. The Kier molecular flexibility index (Phi) is 4.03. The van der Waals surface area contributed by atoms with Gasteiger partial charge in [0.2, 0.25) is 0 Å². The van der Waals surface area contributed by atoms with Gasteiger partial charge < -0.3 is 9.09 Å². The minimum Gasteiger partial charge on any atom is -0.364 e. The third-order valence-corrected chi connectivity index (χ3v) is 5.05. The van der Waals surface area contributed by atoms with E-state index < -0.39 is 0 Å². The average Bonchev–Trinajstić information content (AvgIpc) is 3.39. The molecule has 27 heavy (non-hydrogen) atoms. The zero-order valence-corrected chi connectivity index (χ0v) is 14.8. The van der Waals surface area contributed by atoms with E-state index in [0.717, 1.165) is 37.0 Å². The van der Waals surface area contributed by atoms with Crippen molar-refractivity contribution < 1.29 is 4.52 Å². The monoisotopic (exact) mass is 357 g/mol. The van der Waals surface area contributed by atoms with Crippen LogP contribution in [0.1, 0.15) is 23.0 Å². The summed E-state index contributed by atoms with van der Waals surface area (Å²) in [7, 11) is 0. The lowest BCUT2D eigenvalue weighted by atomic mass is 9.96. The molecule has 0 aliphatic carbocycles. The highest BCUT2D eigenvalue weighted by atomic mass is 16.5. The molecule has 134 valence electrons. The Balaban J connectivity index is 1.50. The highest BCUT2D eigenvalue weighted by Crippen LogP contribution is 2.32. The van der Waals surface area contributed by atoms with E-state index in [1.165, 1.54) is 11.1 Å². The van der Waals surface area contributed by atoms with Gasteiger partial charge in [-0.3, -0.25) is 4.90 Å².